The van der Waals surface area contributed by atoms with Crippen LogP contribution in [0.2, 0.25) is 4.34 Å². The lowest BCUT2D eigenvalue weighted by molar-refractivity contribution is -0.138. The molecule has 1 heterocycles. The Hall–Kier alpha value is -1.07. The predicted octanol–water partition coefficient (Wildman–Crippen LogP) is 2.56. The van der Waals surface area contributed by atoms with Crippen LogP contribution in [0, 0.1) is 5.92 Å². The molecular weight excluding hydrogens is 274 g/mol. The summed E-state index contributed by atoms with van der Waals surface area (Å²) in [5, 5.41) is 11.4. The molecule has 4 nitrogen and oxygen atoms in total. The molecule has 1 aromatic heterocycles. The molecule has 0 aliphatic heterocycles. The summed E-state index contributed by atoms with van der Waals surface area (Å²) in [6.07, 6.45) is 1.02. The van der Waals surface area contributed by atoms with Crippen LogP contribution >= 0.6 is 22.9 Å². The number of hydrogen-bond donors (Lipinski definition) is 2. The van der Waals surface area contributed by atoms with Crippen molar-refractivity contribution in [3.05, 3.63) is 21.3 Å². The highest BCUT2D eigenvalue weighted by atomic mass is 35.5. The van der Waals surface area contributed by atoms with E-state index in [4.69, 9.17) is 16.7 Å². The predicted molar refractivity (Wildman–Crippen MR) is 72.1 cm³/mol. The molecule has 0 aliphatic carbocycles. The standard InChI is InChI=1S/C12H16ClNO3S/c1-8(7-12(16)17)6-11(15)14-5-4-9-2-3-10(13)18-9/h2-3,8H,4-7H2,1H3,(H,14,15)(H,16,17). The van der Waals surface area contributed by atoms with E-state index in [0.29, 0.717) is 6.54 Å². The highest BCUT2D eigenvalue weighted by Gasteiger charge is 2.12. The minimum Gasteiger partial charge on any atom is -0.481 e. The quantitative estimate of drug-likeness (QED) is 0.811. The number of nitrogens with one attached hydrogen (secondary N) is 1. The van der Waals surface area contributed by atoms with Crippen LogP contribution in [-0.4, -0.2) is 23.5 Å². The molecule has 0 fully saturated rings. The molecule has 0 aromatic carbocycles. The third-order valence-electron chi connectivity index (χ3n) is 2.38. The lowest BCUT2D eigenvalue weighted by atomic mass is 10.0. The fraction of sp³-hybridized carbons (Fsp3) is 0.500. The Morgan fingerprint density at radius 1 is 1.44 bits per heavy atom. The second-order valence-corrected chi connectivity index (χ2v) is 6.01. The molecule has 0 radical (unpaired) electrons. The van der Waals surface area contributed by atoms with E-state index in [2.05, 4.69) is 5.32 Å². The second kappa shape index (κ2) is 7.38. The van der Waals surface area contributed by atoms with Gasteiger partial charge in [0.1, 0.15) is 0 Å². The number of aliphatic carboxylic acids is 1. The summed E-state index contributed by atoms with van der Waals surface area (Å²) < 4.78 is 0.742. The van der Waals surface area contributed by atoms with Gasteiger partial charge in [-0.2, -0.15) is 0 Å². The minimum absolute atomic E-state index is 0.0218. The molecule has 6 heteroatoms. The summed E-state index contributed by atoms with van der Waals surface area (Å²) >= 11 is 7.29. The van der Waals surface area contributed by atoms with Crippen LogP contribution in [-0.2, 0) is 16.0 Å². The first-order chi connectivity index (χ1) is 8.47. The smallest absolute Gasteiger partial charge is 0.303 e. The first-order valence-corrected chi connectivity index (χ1v) is 6.89. The second-order valence-electron chi connectivity index (χ2n) is 4.21. The molecule has 1 atom stereocenters. The van der Waals surface area contributed by atoms with Crippen LogP contribution in [0.15, 0.2) is 12.1 Å². The molecule has 0 saturated heterocycles. The number of carbonyl (C=O) groups excluding carboxylic acids is 1. The Kier molecular flexibility index (Phi) is 6.15. The maximum atomic E-state index is 11.5. The SMILES string of the molecule is CC(CC(=O)O)CC(=O)NCCc1ccc(Cl)s1. The van der Waals surface area contributed by atoms with E-state index in [-0.39, 0.29) is 24.7 Å². The summed E-state index contributed by atoms with van der Waals surface area (Å²) in [7, 11) is 0. The Morgan fingerprint density at radius 2 is 2.17 bits per heavy atom. The van der Waals surface area contributed by atoms with Gasteiger partial charge in [-0.05, 0) is 24.5 Å². The summed E-state index contributed by atoms with van der Waals surface area (Å²) in [5.74, 6) is -1.12. The summed E-state index contributed by atoms with van der Waals surface area (Å²) in [6.45, 7) is 2.31. The Labute approximate surface area is 115 Å². The summed E-state index contributed by atoms with van der Waals surface area (Å²) in [4.78, 5) is 23.1. The highest BCUT2D eigenvalue weighted by molar-refractivity contribution is 7.16. The number of amides is 1. The number of carboxylic acids is 1. The molecule has 0 saturated carbocycles. The van der Waals surface area contributed by atoms with E-state index in [1.165, 1.54) is 11.3 Å². The van der Waals surface area contributed by atoms with Crippen LogP contribution in [0.5, 0.6) is 0 Å². The van der Waals surface area contributed by atoms with E-state index in [9.17, 15) is 9.59 Å². The van der Waals surface area contributed by atoms with Gasteiger partial charge in [-0.15, -0.1) is 11.3 Å². The molecule has 1 unspecified atom stereocenters. The lowest BCUT2D eigenvalue weighted by Gasteiger charge is -2.08. The van der Waals surface area contributed by atoms with Crippen molar-refractivity contribution >= 4 is 34.8 Å². The molecular formula is C12H16ClNO3S. The average molecular weight is 290 g/mol. The molecule has 0 spiro atoms. The van der Waals surface area contributed by atoms with Crippen molar-refractivity contribution in [1.29, 1.82) is 0 Å². The van der Waals surface area contributed by atoms with Crippen molar-refractivity contribution in [2.75, 3.05) is 6.54 Å². The van der Waals surface area contributed by atoms with Gasteiger partial charge in [0, 0.05) is 24.3 Å². The fourth-order valence-electron chi connectivity index (χ4n) is 1.57. The number of thiophene rings is 1. The molecule has 100 valence electrons. The highest BCUT2D eigenvalue weighted by Crippen LogP contribution is 2.21. The molecule has 1 rings (SSSR count). The summed E-state index contributed by atoms with van der Waals surface area (Å²) in [5.41, 5.74) is 0. The van der Waals surface area contributed by atoms with Crippen LogP contribution < -0.4 is 5.32 Å². The number of carbonyl (C=O) groups is 2. The Bertz CT molecular complexity index is 419. The van der Waals surface area contributed by atoms with Crippen molar-refractivity contribution in [2.45, 2.75) is 26.2 Å². The van der Waals surface area contributed by atoms with E-state index in [1.807, 2.05) is 12.1 Å². The Balaban J connectivity index is 2.19. The topological polar surface area (TPSA) is 66.4 Å². The van der Waals surface area contributed by atoms with Crippen molar-refractivity contribution in [3.63, 3.8) is 0 Å². The van der Waals surface area contributed by atoms with Crippen molar-refractivity contribution < 1.29 is 14.7 Å². The van der Waals surface area contributed by atoms with Gasteiger partial charge in [0.25, 0.3) is 0 Å². The van der Waals surface area contributed by atoms with E-state index >= 15 is 0 Å². The minimum atomic E-state index is -0.872. The van der Waals surface area contributed by atoms with E-state index in [0.717, 1.165) is 15.6 Å². The van der Waals surface area contributed by atoms with Crippen LogP contribution in [0.3, 0.4) is 0 Å². The maximum Gasteiger partial charge on any atom is 0.303 e. The molecule has 0 bridgehead atoms. The van der Waals surface area contributed by atoms with Crippen molar-refractivity contribution in [2.24, 2.45) is 5.92 Å². The zero-order valence-corrected chi connectivity index (χ0v) is 11.7. The van der Waals surface area contributed by atoms with Gasteiger partial charge in [-0.25, -0.2) is 0 Å². The average Bonchev–Trinajstić information content (AvgIpc) is 2.62. The van der Waals surface area contributed by atoms with Crippen LogP contribution in [0.1, 0.15) is 24.6 Å². The molecule has 1 aromatic rings. The number of carboxylic acid groups (broad SMARTS) is 1. The van der Waals surface area contributed by atoms with Crippen LogP contribution in [0.4, 0.5) is 0 Å². The molecule has 2 N–H and O–H groups in total. The first-order valence-electron chi connectivity index (χ1n) is 5.70. The molecule has 1 amide bonds. The summed E-state index contributed by atoms with van der Waals surface area (Å²) in [6, 6.07) is 3.77. The van der Waals surface area contributed by atoms with Gasteiger partial charge in [0.15, 0.2) is 0 Å². The van der Waals surface area contributed by atoms with Gasteiger partial charge in [-0.3, -0.25) is 9.59 Å². The maximum absolute atomic E-state index is 11.5. The zero-order chi connectivity index (χ0) is 13.5. The number of halogens is 1. The third-order valence-corrected chi connectivity index (χ3v) is 3.67. The first kappa shape index (κ1) is 15.0. The number of rotatable bonds is 7. The van der Waals surface area contributed by atoms with Crippen molar-refractivity contribution in [3.8, 4) is 0 Å². The number of hydrogen-bond acceptors (Lipinski definition) is 3. The van der Waals surface area contributed by atoms with E-state index < -0.39 is 5.97 Å². The van der Waals surface area contributed by atoms with Gasteiger partial charge < -0.3 is 10.4 Å². The van der Waals surface area contributed by atoms with Gasteiger partial charge >= 0.3 is 5.97 Å². The van der Waals surface area contributed by atoms with E-state index in [1.54, 1.807) is 6.92 Å². The van der Waals surface area contributed by atoms with Gasteiger partial charge in [0.05, 0.1) is 4.34 Å². The van der Waals surface area contributed by atoms with Gasteiger partial charge in [0.2, 0.25) is 5.91 Å². The largest absolute Gasteiger partial charge is 0.481 e. The molecule has 0 aliphatic rings. The third kappa shape index (κ3) is 6.02. The fourth-order valence-corrected chi connectivity index (χ4v) is 2.66. The normalized spacial score (nSPS) is 12.1. The monoisotopic (exact) mass is 289 g/mol. The Morgan fingerprint density at radius 3 is 2.72 bits per heavy atom. The van der Waals surface area contributed by atoms with Gasteiger partial charge in [-0.1, -0.05) is 18.5 Å². The van der Waals surface area contributed by atoms with Crippen LogP contribution in [0.25, 0.3) is 0 Å². The lowest BCUT2D eigenvalue weighted by Crippen LogP contribution is -2.27. The zero-order valence-electron chi connectivity index (χ0n) is 10.1. The molecule has 18 heavy (non-hydrogen) atoms. The van der Waals surface area contributed by atoms with Crippen molar-refractivity contribution in [1.82, 2.24) is 5.32 Å².